The van der Waals surface area contributed by atoms with Gasteiger partial charge in [0.15, 0.2) is 0 Å². The van der Waals surface area contributed by atoms with Gasteiger partial charge in [0.1, 0.15) is 0 Å². The van der Waals surface area contributed by atoms with Crippen molar-refractivity contribution in [1.82, 2.24) is 4.98 Å². The predicted octanol–water partition coefficient (Wildman–Crippen LogP) is 4.97. The van der Waals surface area contributed by atoms with Gasteiger partial charge in [-0.3, -0.25) is 4.98 Å². The number of rotatable bonds is 4. The summed E-state index contributed by atoms with van der Waals surface area (Å²) in [4.78, 5) is 6.82. The number of anilines is 1. The third-order valence-corrected chi connectivity index (χ3v) is 4.48. The summed E-state index contributed by atoms with van der Waals surface area (Å²) in [7, 11) is 4.14. The van der Waals surface area contributed by atoms with Gasteiger partial charge in [-0.15, -0.1) is 0 Å². The van der Waals surface area contributed by atoms with E-state index in [1.54, 1.807) is 0 Å². The molecule has 0 aliphatic carbocycles. The second-order valence-corrected chi connectivity index (χ2v) is 8.29. The van der Waals surface area contributed by atoms with Gasteiger partial charge >= 0.3 is 0 Å². The van der Waals surface area contributed by atoms with Crippen LogP contribution >= 0.6 is 0 Å². The van der Waals surface area contributed by atoms with Gasteiger partial charge in [-0.1, -0.05) is 52.8 Å². The lowest BCUT2D eigenvalue weighted by atomic mass is 9.80. The van der Waals surface area contributed by atoms with Crippen molar-refractivity contribution < 1.29 is 0 Å². The molecule has 23 heavy (non-hydrogen) atoms. The highest BCUT2D eigenvalue weighted by molar-refractivity contribution is 5.47. The lowest BCUT2D eigenvalue weighted by molar-refractivity contribution is 0.514. The second kappa shape index (κ2) is 6.35. The summed E-state index contributed by atoms with van der Waals surface area (Å²) in [6.45, 7) is 11.2. The summed E-state index contributed by atoms with van der Waals surface area (Å²) in [5, 5.41) is 0. The van der Waals surface area contributed by atoms with E-state index in [4.69, 9.17) is 4.98 Å². The molecule has 0 unspecified atom stereocenters. The second-order valence-electron chi connectivity index (χ2n) is 8.29. The highest BCUT2D eigenvalue weighted by atomic mass is 15.1. The molecule has 0 radical (unpaired) electrons. The van der Waals surface area contributed by atoms with Crippen molar-refractivity contribution in [3.05, 3.63) is 59.4 Å². The zero-order valence-electron chi connectivity index (χ0n) is 15.6. The minimum atomic E-state index is 0.0705. The average Bonchev–Trinajstić information content (AvgIpc) is 2.46. The Labute approximate surface area is 141 Å². The van der Waals surface area contributed by atoms with Gasteiger partial charge in [0.05, 0.1) is 0 Å². The van der Waals surface area contributed by atoms with Crippen LogP contribution in [-0.4, -0.2) is 19.1 Å². The van der Waals surface area contributed by atoms with Crippen molar-refractivity contribution in [1.29, 1.82) is 0 Å². The van der Waals surface area contributed by atoms with Gasteiger partial charge in [0.25, 0.3) is 0 Å². The van der Waals surface area contributed by atoms with Crippen molar-refractivity contribution in [2.45, 2.75) is 51.9 Å². The zero-order chi connectivity index (χ0) is 17.3. The van der Waals surface area contributed by atoms with E-state index in [2.05, 4.69) is 90.0 Å². The molecule has 0 fully saturated rings. The molecule has 0 saturated heterocycles. The van der Waals surface area contributed by atoms with Crippen LogP contribution in [-0.2, 0) is 17.3 Å². The van der Waals surface area contributed by atoms with Crippen molar-refractivity contribution in [2.24, 2.45) is 0 Å². The number of nitrogens with zero attached hydrogens (tertiary/aromatic N) is 2. The summed E-state index contributed by atoms with van der Waals surface area (Å²) in [5.74, 6) is 0. The predicted molar refractivity (Wildman–Crippen MR) is 100 cm³/mol. The van der Waals surface area contributed by atoms with E-state index in [0.717, 1.165) is 12.1 Å². The van der Waals surface area contributed by atoms with Crippen molar-refractivity contribution >= 4 is 5.69 Å². The van der Waals surface area contributed by atoms with Gasteiger partial charge in [-0.05, 0) is 46.6 Å². The Morgan fingerprint density at radius 3 is 1.83 bits per heavy atom. The van der Waals surface area contributed by atoms with E-state index >= 15 is 0 Å². The van der Waals surface area contributed by atoms with Crippen LogP contribution in [0.4, 0.5) is 5.69 Å². The first kappa shape index (κ1) is 17.5. The average molecular weight is 310 g/mol. The number of benzene rings is 1. The first-order valence-electron chi connectivity index (χ1n) is 8.33. The quantitative estimate of drug-likeness (QED) is 0.793. The van der Waals surface area contributed by atoms with Crippen molar-refractivity contribution in [3.8, 4) is 0 Å². The molecular weight excluding hydrogens is 280 g/mol. The summed E-state index contributed by atoms with van der Waals surface area (Å²) in [6, 6.07) is 13.2. The number of aromatic nitrogens is 1. The van der Waals surface area contributed by atoms with E-state index in [-0.39, 0.29) is 10.8 Å². The summed E-state index contributed by atoms with van der Waals surface area (Å²) in [6.07, 6.45) is 2.97. The Balaban J connectivity index is 2.17. The molecule has 0 spiro atoms. The van der Waals surface area contributed by atoms with Gasteiger partial charge in [0, 0.05) is 31.7 Å². The smallest absolute Gasteiger partial charge is 0.0412 e. The molecule has 124 valence electrons. The maximum Gasteiger partial charge on any atom is 0.0412 e. The van der Waals surface area contributed by atoms with Crippen LogP contribution in [0.5, 0.6) is 0 Å². The number of hydrogen-bond donors (Lipinski definition) is 0. The molecule has 2 aromatic rings. The molecule has 0 aliphatic rings. The minimum Gasteiger partial charge on any atom is -0.378 e. The fourth-order valence-corrected chi connectivity index (χ4v) is 2.74. The van der Waals surface area contributed by atoms with Gasteiger partial charge in [-0.2, -0.15) is 0 Å². The van der Waals surface area contributed by atoms with Crippen LogP contribution in [0.2, 0.25) is 0 Å². The molecule has 0 amide bonds. The first-order valence-corrected chi connectivity index (χ1v) is 8.33. The van der Waals surface area contributed by atoms with Gasteiger partial charge in [0.2, 0.25) is 0 Å². The molecule has 2 heteroatoms. The Morgan fingerprint density at radius 2 is 1.39 bits per heavy atom. The van der Waals surface area contributed by atoms with E-state index in [1.165, 1.54) is 16.8 Å². The molecule has 0 saturated carbocycles. The molecular formula is C21H30N2. The van der Waals surface area contributed by atoms with Crippen LogP contribution in [0, 0.1) is 0 Å². The standard InChI is InChI=1S/C21H30N2/c1-20(2,3)17-8-11-18(22-15-17)14-21(4,5)16-9-12-19(13-10-16)23(6)7/h8-13,15H,14H2,1-7H3. The molecule has 2 rings (SSSR count). The lowest BCUT2D eigenvalue weighted by Crippen LogP contribution is -2.22. The molecule has 0 atom stereocenters. The van der Waals surface area contributed by atoms with E-state index in [9.17, 15) is 0 Å². The molecule has 1 heterocycles. The summed E-state index contributed by atoms with van der Waals surface area (Å²) < 4.78 is 0. The number of pyridine rings is 1. The third kappa shape index (κ3) is 4.34. The molecule has 1 aromatic heterocycles. The molecule has 0 aliphatic heterocycles. The minimum absolute atomic E-state index is 0.0705. The Hall–Kier alpha value is -1.83. The first-order chi connectivity index (χ1) is 10.6. The van der Waals surface area contributed by atoms with Gasteiger partial charge in [-0.25, -0.2) is 0 Å². The molecule has 0 bridgehead atoms. The lowest BCUT2D eigenvalue weighted by Gasteiger charge is -2.26. The summed E-state index contributed by atoms with van der Waals surface area (Å²) in [5.41, 5.74) is 5.25. The maximum absolute atomic E-state index is 4.69. The zero-order valence-corrected chi connectivity index (χ0v) is 15.6. The molecule has 0 N–H and O–H groups in total. The highest BCUT2D eigenvalue weighted by Crippen LogP contribution is 2.29. The van der Waals surface area contributed by atoms with Crippen LogP contribution in [0.25, 0.3) is 0 Å². The Kier molecular flexibility index (Phi) is 4.84. The van der Waals surface area contributed by atoms with Crippen LogP contribution < -0.4 is 4.90 Å². The maximum atomic E-state index is 4.69. The van der Waals surface area contributed by atoms with Crippen LogP contribution in [0.1, 0.15) is 51.4 Å². The van der Waals surface area contributed by atoms with E-state index in [0.29, 0.717) is 0 Å². The fraction of sp³-hybridized carbons (Fsp3) is 0.476. The highest BCUT2D eigenvalue weighted by Gasteiger charge is 2.22. The molecule has 1 aromatic carbocycles. The summed E-state index contributed by atoms with van der Waals surface area (Å²) >= 11 is 0. The topological polar surface area (TPSA) is 16.1 Å². The van der Waals surface area contributed by atoms with E-state index in [1.807, 2.05) is 6.20 Å². The Bertz CT molecular complexity index is 629. The Morgan fingerprint density at radius 1 is 0.826 bits per heavy atom. The van der Waals surface area contributed by atoms with Crippen LogP contribution in [0.15, 0.2) is 42.6 Å². The van der Waals surface area contributed by atoms with Crippen molar-refractivity contribution in [2.75, 3.05) is 19.0 Å². The van der Waals surface area contributed by atoms with Crippen molar-refractivity contribution in [3.63, 3.8) is 0 Å². The van der Waals surface area contributed by atoms with E-state index < -0.39 is 0 Å². The van der Waals surface area contributed by atoms with Crippen LogP contribution in [0.3, 0.4) is 0 Å². The third-order valence-electron chi connectivity index (χ3n) is 4.48. The number of hydrogen-bond acceptors (Lipinski definition) is 2. The normalized spacial score (nSPS) is 12.3. The van der Waals surface area contributed by atoms with Gasteiger partial charge < -0.3 is 4.90 Å². The SMILES string of the molecule is CN(C)c1ccc(C(C)(C)Cc2ccc(C(C)(C)C)cn2)cc1. The molecule has 2 nitrogen and oxygen atoms in total. The monoisotopic (exact) mass is 310 g/mol. The largest absolute Gasteiger partial charge is 0.378 e. The fourth-order valence-electron chi connectivity index (χ4n) is 2.74.